The summed E-state index contributed by atoms with van der Waals surface area (Å²) < 4.78 is 12.1. The Kier molecular flexibility index (Phi) is 5.06. The number of hydrogen-bond donors (Lipinski definition) is 0. The molecule has 2 rings (SSSR count). The van der Waals surface area contributed by atoms with Crippen LogP contribution in [0.4, 0.5) is 0 Å². The number of hydrogen-bond acceptors (Lipinski definition) is 3. The van der Waals surface area contributed by atoms with Crippen molar-refractivity contribution in [1.82, 2.24) is 0 Å². The molecule has 0 aromatic heterocycles. The Morgan fingerprint density at radius 1 is 1.00 bits per heavy atom. The molecule has 0 radical (unpaired) electrons. The molecule has 0 aliphatic heterocycles. The molecule has 2 aromatic rings. The normalized spacial score (nSPS) is 10.3. The summed E-state index contributed by atoms with van der Waals surface area (Å²) in [5.41, 5.74) is 2.10. The molecule has 3 nitrogen and oxygen atoms in total. The molecule has 0 fully saturated rings. The molecule has 110 valence electrons. The lowest BCUT2D eigenvalue weighted by Crippen LogP contribution is -2.06. The quantitative estimate of drug-likeness (QED) is 0.677. The van der Waals surface area contributed by atoms with Crippen molar-refractivity contribution in [2.75, 3.05) is 14.2 Å². The maximum absolute atomic E-state index is 12.7. The van der Waals surface area contributed by atoms with Gasteiger partial charge in [0.05, 0.1) is 19.8 Å². The maximum Gasteiger partial charge on any atom is 0.197 e. The molecule has 0 saturated carbocycles. The van der Waals surface area contributed by atoms with Gasteiger partial charge in [0.15, 0.2) is 5.78 Å². The van der Waals surface area contributed by atoms with Gasteiger partial charge < -0.3 is 9.47 Å². The van der Waals surface area contributed by atoms with Gasteiger partial charge in [-0.3, -0.25) is 4.79 Å². The van der Waals surface area contributed by atoms with Crippen LogP contribution in [-0.2, 0) is 0 Å². The minimum Gasteiger partial charge on any atom is -0.497 e. The van der Waals surface area contributed by atoms with Gasteiger partial charge >= 0.3 is 0 Å². The number of benzene rings is 2. The first-order chi connectivity index (χ1) is 9.97. The molecule has 0 saturated heterocycles. The molecule has 0 spiro atoms. The summed E-state index contributed by atoms with van der Waals surface area (Å²) in [6, 6.07) is 8.95. The van der Waals surface area contributed by atoms with Crippen LogP contribution in [0, 0.1) is 6.92 Å². The number of halogens is 2. The van der Waals surface area contributed by atoms with E-state index in [2.05, 4.69) is 31.9 Å². The average molecular weight is 414 g/mol. The molecule has 0 unspecified atom stereocenters. The van der Waals surface area contributed by atoms with Crippen LogP contribution in [0.15, 0.2) is 39.3 Å². The van der Waals surface area contributed by atoms with Gasteiger partial charge in [0, 0.05) is 20.6 Å². The number of ether oxygens (including phenoxy) is 2. The van der Waals surface area contributed by atoms with E-state index in [1.165, 1.54) is 7.11 Å². The van der Waals surface area contributed by atoms with E-state index < -0.39 is 0 Å². The van der Waals surface area contributed by atoms with Gasteiger partial charge in [-0.25, -0.2) is 0 Å². The molecule has 21 heavy (non-hydrogen) atoms. The summed E-state index contributed by atoms with van der Waals surface area (Å²) in [5.74, 6) is 1.01. The minimum absolute atomic E-state index is 0.100. The fourth-order valence-corrected chi connectivity index (χ4v) is 2.83. The van der Waals surface area contributed by atoms with Crippen LogP contribution >= 0.6 is 31.9 Å². The highest BCUT2D eigenvalue weighted by atomic mass is 79.9. The predicted octanol–water partition coefficient (Wildman–Crippen LogP) is 4.77. The zero-order valence-electron chi connectivity index (χ0n) is 11.9. The summed E-state index contributed by atoms with van der Waals surface area (Å²) in [7, 11) is 3.10. The van der Waals surface area contributed by atoms with Gasteiger partial charge in [0.2, 0.25) is 0 Å². The lowest BCUT2D eigenvalue weighted by atomic mass is 10.0. The Labute approximate surface area is 140 Å². The molecular formula is C16H14Br2O3. The van der Waals surface area contributed by atoms with Crippen molar-refractivity contribution in [2.24, 2.45) is 0 Å². The molecule has 0 atom stereocenters. The fraction of sp³-hybridized carbons (Fsp3) is 0.188. The average Bonchev–Trinajstić information content (AvgIpc) is 2.48. The summed E-state index contributed by atoms with van der Waals surface area (Å²) in [4.78, 5) is 12.7. The van der Waals surface area contributed by atoms with E-state index in [-0.39, 0.29) is 5.78 Å². The highest BCUT2D eigenvalue weighted by molar-refractivity contribution is 9.10. The van der Waals surface area contributed by atoms with Crippen LogP contribution < -0.4 is 9.47 Å². The van der Waals surface area contributed by atoms with E-state index >= 15 is 0 Å². The van der Waals surface area contributed by atoms with Crippen molar-refractivity contribution < 1.29 is 14.3 Å². The Morgan fingerprint density at radius 3 is 2.29 bits per heavy atom. The van der Waals surface area contributed by atoms with Crippen LogP contribution in [0.2, 0.25) is 0 Å². The topological polar surface area (TPSA) is 35.5 Å². The van der Waals surface area contributed by atoms with E-state index in [4.69, 9.17) is 9.47 Å². The van der Waals surface area contributed by atoms with Crippen molar-refractivity contribution in [3.05, 3.63) is 56.0 Å². The number of aryl methyl sites for hydroxylation is 1. The molecule has 0 N–H and O–H groups in total. The monoisotopic (exact) mass is 412 g/mol. The number of rotatable bonds is 4. The lowest BCUT2D eigenvalue weighted by Gasteiger charge is -2.12. The van der Waals surface area contributed by atoms with Crippen LogP contribution in [0.3, 0.4) is 0 Å². The number of methoxy groups -OCH3 is 2. The van der Waals surface area contributed by atoms with Crippen molar-refractivity contribution in [3.8, 4) is 11.5 Å². The zero-order valence-corrected chi connectivity index (χ0v) is 15.0. The molecule has 5 heteroatoms. The number of carbonyl (C=O) groups excluding carboxylic acids is 1. The second kappa shape index (κ2) is 6.62. The molecule has 0 heterocycles. The Hall–Kier alpha value is -1.33. The standard InChI is InChI=1S/C16H14Br2O3/c1-9-6-10(4-5-12(9)17)16(19)15-13(18)7-11(20-2)8-14(15)21-3/h4-8H,1-3H3. The summed E-state index contributed by atoms with van der Waals surface area (Å²) >= 11 is 6.85. The van der Waals surface area contributed by atoms with Gasteiger partial charge in [0.1, 0.15) is 11.5 Å². The third kappa shape index (κ3) is 3.30. The van der Waals surface area contributed by atoms with E-state index in [1.807, 2.05) is 19.1 Å². The minimum atomic E-state index is -0.100. The van der Waals surface area contributed by atoms with Crippen LogP contribution in [-0.4, -0.2) is 20.0 Å². The van der Waals surface area contributed by atoms with Crippen molar-refractivity contribution in [2.45, 2.75) is 6.92 Å². The second-order valence-corrected chi connectivity index (χ2v) is 6.19. The Bertz CT molecular complexity index is 696. The first kappa shape index (κ1) is 16.0. The van der Waals surface area contributed by atoms with Crippen LogP contribution in [0.5, 0.6) is 11.5 Å². The van der Waals surface area contributed by atoms with E-state index in [9.17, 15) is 4.79 Å². The largest absolute Gasteiger partial charge is 0.497 e. The third-order valence-electron chi connectivity index (χ3n) is 3.13. The van der Waals surface area contributed by atoms with Crippen molar-refractivity contribution in [3.63, 3.8) is 0 Å². The molecule has 0 amide bonds. The first-order valence-corrected chi connectivity index (χ1v) is 7.79. The van der Waals surface area contributed by atoms with Gasteiger partial charge in [-0.15, -0.1) is 0 Å². The van der Waals surface area contributed by atoms with Crippen molar-refractivity contribution >= 4 is 37.6 Å². The highest BCUT2D eigenvalue weighted by Crippen LogP contribution is 2.34. The van der Waals surface area contributed by atoms with Crippen LogP contribution in [0.25, 0.3) is 0 Å². The summed E-state index contributed by atoms with van der Waals surface area (Å²) in [5, 5.41) is 0. The number of carbonyl (C=O) groups is 1. The van der Waals surface area contributed by atoms with Gasteiger partial charge in [-0.2, -0.15) is 0 Å². The maximum atomic E-state index is 12.7. The van der Waals surface area contributed by atoms with Crippen molar-refractivity contribution in [1.29, 1.82) is 0 Å². The third-order valence-corrected chi connectivity index (χ3v) is 4.65. The van der Waals surface area contributed by atoms with Gasteiger partial charge in [-0.1, -0.05) is 15.9 Å². The first-order valence-electron chi connectivity index (χ1n) is 6.20. The predicted molar refractivity (Wildman–Crippen MR) is 89.6 cm³/mol. The smallest absolute Gasteiger partial charge is 0.197 e. The fourth-order valence-electron chi connectivity index (χ4n) is 1.99. The molecule has 0 aliphatic rings. The Morgan fingerprint density at radius 2 is 1.71 bits per heavy atom. The SMILES string of the molecule is COc1cc(Br)c(C(=O)c2ccc(Br)c(C)c2)c(OC)c1. The second-order valence-electron chi connectivity index (χ2n) is 4.48. The Balaban J connectivity index is 2.54. The van der Waals surface area contributed by atoms with Crippen LogP contribution in [0.1, 0.15) is 21.5 Å². The van der Waals surface area contributed by atoms with Gasteiger partial charge in [0.25, 0.3) is 0 Å². The van der Waals surface area contributed by atoms with Gasteiger partial charge in [-0.05, 0) is 52.7 Å². The summed E-state index contributed by atoms with van der Waals surface area (Å²) in [6.45, 7) is 1.95. The molecule has 2 aromatic carbocycles. The molecule has 0 aliphatic carbocycles. The zero-order chi connectivity index (χ0) is 15.6. The van der Waals surface area contributed by atoms with E-state index in [1.54, 1.807) is 25.3 Å². The highest BCUT2D eigenvalue weighted by Gasteiger charge is 2.20. The van der Waals surface area contributed by atoms with E-state index in [0.717, 1.165) is 10.0 Å². The van der Waals surface area contributed by atoms with E-state index in [0.29, 0.717) is 27.1 Å². The summed E-state index contributed by atoms with van der Waals surface area (Å²) in [6.07, 6.45) is 0. The number of ketones is 1. The lowest BCUT2D eigenvalue weighted by molar-refractivity contribution is 0.103. The molecular weight excluding hydrogens is 400 g/mol. The molecule has 0 bridgehead atoms.